The number of nitrogens with one attached hydrogen (secondary N) is 3. The van der Waals surface area contributed by atoms with E-state index in [1.54, 1.807) is 12.4 Å². The fourth-order valence-electron chi connectivity index (χ4n) is 2.11. The molecule has 0 aliphatic carbocycles. The minimum Gasteiger partial charge on any atom is -0.393 e. The van der Waals surface area contributed by atoms with E-state index in [1.165, 1.54) is 30.6 Å². The number of carbonyl (C=O) groups excluding carboxylic acids is 1. The third-order valence-corrected chi connectivity index (χ3v) is 3.47. The lowest BCUT2D eigenvalue weighted by Gasteiger charge is -2.13. The summed E-state index contributed by atoms with van der Waals surface area (Å²) in [5.41, 5.74) is 12.6. The van der Waals surface area contributed by atoms with Crippen molar-refractivity contribution in [3.63, 3.8) is 0 Å². The number of rotatable bonds is 6. The Morgan fingerprint density at radius 3 is 2.62 bits per heavy atom. The number of nitrogens with zero attached hydrogens (tertiary/aromatic N) is 3. The fourth-order valence-corrected chi connectivity index (χ4v) is 2.11. The second-order valence-corrected chi connectivity index (χ2v) is 5.29. The highest BCUT2D eigenvalue weighted by Gasteiger charge is 2.10. The van der Waals surface area contributed by atoms with Gasteiger partial charge in [0.25, 0.3) is 5.91 Å². The SMILES string of the molecule is Nc1c(NCc2cccnc2)ncnc1NNC(=O)c1ccc(F)cc1. The summed E-state index contributed by atoms with van der Waals surface area (Å²) < 4.78 is 12.9. The topological polar surface area (TPSA) is 118 Å². The molecule has 0 bridgehead atoms. The van der Waals surface area contributed by atoms with Gasteiger partial charge in [-0.2, -0.15) is 0 Å². The lowest BCUT2D eigenvalue weighted by molar-refractivity contribution is 0.0962. The molecule has 0 unspecified atom stereocenters. The Morgan fingerprint density at radius 1 is 1.12 bits per heavy atom. The molecule has 0 fully saturated rings. The molecule has 0 saturated heterocycles. The van der Waals surface area contributed by atoms with Crippen molar-refractivity contribution >= 4 is 23.2 Å². The van der Waals surface area contributed by atoms with Crippen molar-refractivity contribution in [3.8, 4) is 0 Å². The number of anilines is 3. The van der Waals surface area contributed by atoms with Crippen LogP contribution < -0.4 is 21.9 Å². The van der Waals surface area contributed by atoms with Gasteiger partial charge < -0.3 is 11.1 Å². The van der Waals surface area contributed by atoms with E-state index in [2.05, 4.69) is 31.1 Å². The maximum Gasteiger partial charge on any atom is 0.269 e. The van der Waals surface area contributed by atoms with Crippen molar-refractivity contribution in [2.75, 3.05) is 16.5 Å². The van der Waals surface area contributed by atoms with Gasteiger partial charge in [-0.05, 0) is 35.9 Å². The first kappa shape index (κ1) is 17.1. The smallest absolute Gasteiger partial charge is 0.269 e. The molecular weight excluding hydrogens is 337 g/mol. The molecule has 1 amide bonds. The molecule has 0 aliphatic rings. The van der Waals surface area contributed by atoms with Crippen LogP contribution in [0.15, 0.2) is 55.1 Å². The first-order valence-electron chi connectivity index (χ1n) is 7.68. The number of hydrogen-bond donors (Lipinski definition) is 4. The minimum atomic E-state index is -0.451. The molecule has 0 aliphatic heterocycles. The van der Waals surface area contributed by atoms with E-state index in [1.807, 2.05) is 12.1 Å². The summed E-state index contributed by atoms with van der Waals surface area (Å²) in [5, 5.41) is 3.08. The van der Waals surface area contributed by atoms with Crippen LogP contribution in [0.25, 0.3) is 0 Å². The highest BCUT2D eigenvalue weighted by molar-refractivity contribution is 5.95. The van der Waals surface area contributed by atoms with Gasteiger partial charge in [0.15, 0.2) is 11.6 Å². The molecule has 26 heavy (non-hydrogen) atoms. The summed E-state index contributed by atoms with van der Waals surface area (Å²) in [5.74, 6) is -0.210. The number of amides is 1. The van der Waals surface area contributed by atoms with E-state index in [-0.39, 0.29) is 11.5 Å². The number of benzene rings is 1. The number of nitrogens with two attached hydrogens (primary N) is 1. The number of nitrogen functional groups attached to an aromatic ring is 1. The van der Waals surface area contributed by atoms with Gasteiger partial charge in [0, 0.05) is 24.5 Å². The molecule has 8 nitrogen and oxygen atoms in total. The number of hydrazine groups is 1. The van der Waals surface area contributed by atoms with Crippen LogP contribution in [0.5, 0.6) is 0 Å². The number of aromatic nitrogens is 3. The average molecular weight is 353 g/mol. The summed E-state index contributed by atoms with van der Waals surface area (Å²) >= 11 is 0. The molecule has 2 aromatic heterocycles. The van der Waals surface area contributed by atoms with Crippen LogP contribution in [0.1, 0.15) is 15.9 Å². The molecular formula is C17H16FN7O. The first-order chi connectivity index (χ1) is 12.6. The maximum atomic E-state index is 12.9. The predicted molar refractivity (Wildman–Crippen MR) is 95.5 cm³/mol. The molecule has 0 saturated carbocycles. The molecule has 5 N–H and O–H groups in total. The second-order valence-electron chi connectivity index (χ2n) is 5.29. The van der Waals surface area contributed by atoms with Gasteiger partial charge in [-0.3, -0.25) is 20.6 Å². The van der Waals surface area contributed by atoms with E-state index in [0.717, 1.165) is 5.56 Å². The minimum absolute atomic E-state index is 0.240. The van der Waals surface area contributed by atoms with Crippen LogP contribution >= 0.6 is 0 Å². The maximum absolute atomic E-state index is 12.9. The first-order valence-corrected chi connectivity index (χ1v) is 7.68. The van der Waals surface area contributed by atoms with E-state index in [0.29, 0.717) is 17.9 Å². The molecule has 0 spiro atoms. The molecule has 0 atom stereocenters. The van der Waals surface area contributed by atoms with E-state index in [4.69, 9.17) is 5.73 Å². The van der Waals surface area contributed by atoms with Crippen LogP contribution in [0.4, 0.5) is 21.7 Å². The van der Waals surface area contributed by atoms with Crippen molar-refractivity contribution in [1.29, 1.82) is 0 Å². The fraction of sp³-hybridized carbons (Fsp3) is 0.0588. The van der Waals surface area contributed by atoms with Crippen molar-refractivity contribution in [2.45, 2.75) is 6.54 Å². The molecule has 0 radical (unpaired) electrons. The monoisotopic (exact) mass is 353 g/mol. The largest absolute Gasteiger partial charge is 0.393 e. The lowest BCUT2D eigenvalue weighted by atomic mass is 10.2. The summed E-state index contributed by atoms with van der Waals surface area (Å²) in [6, 6.07) is 8.90. The van der Waals surface area contributed by atoms with Gasteiger partial charge in [0.05, 0.1) is 0 Å². The molecule has 3 aromatic rings. The quantitative estimate of drug-likeness (QED) is 0.500. The van der Waals surface area contributed by atoms with Gasteiger partial charge >= 0.3 is 0 Å². The number of hydrogen-bond acceptors (Lipinski definition) is 7. The highest BCUT2D eigenvalue weighted by Crippen LogP contribution is 2.22. The standard InChI is InChI=1S/C17H16FN7O/c18-13-5-3-12(4-6-13)17(26)25-24-16-14(19)15(22-10-23-16)21-9-11-2-1-7-20-8-11/h1-8,10H,9,19H2,(H,25,26)(H2,21,22,23,24). The van der Waals surface area contributed by atoms with Crippen molar-refractivity contribution < 1.29 is 9.18 Å². The van der Waals surface area contributed by atoms with Crippen molar-refractivity contribution in [3.05, 3.63) is 72.1 Å². The Kier molecular flexibility index (Phi) is 5.18. The van der Waals surface area contributed by atoms with E-state index < -0.39 is 11.7 Å². The summed E-state index contributed by atoms with van der Waals surface area (Å²) in [7, 11) is 0. The zero-order valence-corrected chi connectivity index (χ0v) is 13.6. The highest BCUT2D eigenvalue weighted by atomic mass is 19.1. The third-order valence-electron chi connectivity index (χ3n) is 3.47. The second kappa shape index (κ2) is 7.88. The van der Waals surface area contributed by atoms with Gasteiger partial charge in [-0.25, -0.2) is 14.4 Å². The van der Waals surface area contributed by atoms with Crippen molar-refractivity contribution in [1.82, 2.24) is 20.4 Å². The summed E-state index contributed by atoms with van der Waals surface area (Å²) in [6.45, 7) is 0.483. The van der Waals surface area contributed by atoms with Crippen LogP contribution in [0.2, 0.25) is 0 Å². The Morgan fingerprint density at radius 2 is 1.88 bits per heavy atom. The van der Waals surface area contributed by atoms with Crippen molar-refractivity contribution in [2.24, 2.45) is 0 Å². The average Bonchev–Trinajstić information content (AvgIpc) is 2.67. The van der Waals surface area contributed by atoms with Crippen LogP contribution in [-0.2, 0) is 6.54 Å². The molecule has 9 heteroatoms. The van der Waals surface area contributed by atoms with Gasteiger partial charge in [0.2, 0.25) is 0 Å². The van der Waals surface area contributed by atoms with Gasteiger partial charge in [-0.15, -0.1) is 0 Å². The summed E-state index contributed by atoms with van der Waals surface area (Å²) in [6.07, 6.45) is 4.73. The van der Waals surface area contributed by atoms with Gasteiger partial charge in [0.1, 0.15) is 17.8 Å². The van der Waals surface area contributed by atoms with E-state index in [9.17, 15) is 9.18 Å². The molecule has 132 valence electrons. The zero-order valence-electron chi connectivity index (χ0n) is 13.6. The van der Waals surface area contributed by atoms with Crippen LogP contribution in [0, 0.1) is 5.82 Å². The number of halogens is 1. The Hall–Kier alpha value is -3.75. The van der Waals surface area contributed by atoms with Crippen LogP contribution in [-0.4, -0.2) is 20.9 Å². The third kappa shape index (κ3) is 4.20. The Bertz CT molecular complexity index is 887. The Balaban J connectivity index is 1.63. The summed E-state index contributed by atoms with van der Waals surface area (Å²) in [4.78, 5) is 24.2. The molecule has 3 rings (SSSR count). The zero-order chi connectivity index (χ0) is 18.4. The predicted octanol–water partition coefficient (Wildman–Crippen LogP) is 1.96. The van der Waals surface area contributed by atoms with Crippen LogP contribution in [0.3, 0.4) is 0 Å². The number of carbonyl (C=O) groups is 1. The van der Waals surface area contributed by atoms with Gasteiger partial charge in [-0.1, -0.05) is 6.07 Å². The van der Waals surface area contributed by atoms with E-state index >= 15 is 0 Å². The normalized spacial score (nSPS) is 10.2. The lowest BCUT2D eigenvalue weighted by Crippen LogP contribution is -2.30. The molecule has 1 aromatic carbocycles. The Labute approximate surface area is 148 Å². The number of pyridine rings is 1. The molecule has 2 heterocycles.